The topological polar surface area (TPSA) is 72.6 Å². The van der Waals surface area contributed by atoms with E-state index < -0.39 is 0 Å². The van der Waals surface area contributed by atoms with Gasteiger partial charge in [-0.1, -0.05) is 23.9 Å². The van der Waals surface area contributed by atoms with Gasteiger partial charge in [0.15, 0.2) is 0 Å². The monoisotopic (exact) mass is 425 g/mol. The van der Waals surface area contributed by atoms with E-state index in [0.717, 1.165) is 48.5 Å². The number of benzene rings is 1. The lowest BCUT2D eigenvalue weighted by molar-refractivity contribution is -0.131. The summed E-state index contributed by atoms with van der Waals surface area (Å²) >= 11 is 1.49. The SMILES string of the molecule is COc1cccc(CC2CCCN2C(=O)Cc2c(C)nc3nc(SC)nn3c2C)c1. The van der Waals surface area contributed by atoms with E-state index in [-0.39, 0.29) is 11.9 Å². The molecule has 8 heteroatoms. The molecule has 3 heterocycles. The fraction of sp³-hybridized carbons (Fsp3) is 0.455. The molecule has 1 aromatic carbocycles. The molecule has 1 saturated heterocycles. The number of nitrogens with zero attached hydrogens (tertiary/aromatic N) is 5. The number of rotatable bonds is 6. The molecule has 30 heavy (non-hydrogen) atoms. The molecule has 0 radical (unpaired) electrons. The van der Waals surface area contributed by atoms with Crippen LogP contribution in [0.15, 0.2) is 29.4 Å². The van der Waals surface area contributed by atoms with Gasteiger partial charge >= 0.3 is 0 Å². The molecule has 2 aromatic heterocycles. The average Bonchev–Trinajstić information content (AvgIpc) is 3.38. The molecule has 1 atom stereocenters. The second-order valence-electron chi connectivity index (χ2n) is 7.69. The Morgan fingerprint density at radius 1 is 1.30 bits per heavy atom. The number of carbonyl (C=O) groups excluding carboxylic acids is 1. The maximum absolute atomic E-state index is 13.3. The van der Waals surface area contributed by atoms with Gasteiger partial charge in [-0.25, -0.2) is 9.50 Å². The zero-order chi connectivity index (χ0) is 21.3. The summed E-state index contributed by atoms with van der Waals surface area (Å²) in [6.07, 6.45) is 5.19. The van der Waals surface area contributed by atoms with E-state index in [0.29, 0.717) is 17.4 Å². The number of amides is 1. The smallest absolute Gasteiger partial charge is 0.253 e. The molecular formula is C22H27N5O2S. The van der Waals surface area contributed by atoms with E-state index in [9.17, 15) is 4.79 Å². The van der Waals surface area contributed by atoms with Gasteiger partial charge in [0.1, 0.15) is 5.75 Å². The zero-order valence-corrected chi connectivity index (χ0v) is 18.7. The first-order valence-electron chi connectivity index (χ1n) is 10.2. The number of ether oxygens (including phenoxy) is 1. The molecular weight excluding hydrogens is 398 g/mol. The van der Waals surface area contributed by atoms with Gasteiger partial charge in [0, 0.05) is 29.5 Å². The highest BCUT2D eigenvalue weighted by Gasteiger charge is 2.29. The molecule has 0 spiro atoms. The van der Waals surface area contributed by atoms with Crippen LogP contribution in [0.1, 0.15) is 35.4 Å². The predicted octanol–water partition coefficient (Wildman–Crippen LogP) is 3.25. The van der Waals surface area contributed by atoms with E-state index in [1.54, 1.807) is 11.6 Å². The number of methoxy groups -OCH3 is 1. The van der Waals surface area contributed by atoms with Crippen LogP contribution in [0.25, 0.3) is 5.78 Å². The van der Waals surface area contributed by atoms with Crippen LogP contribution in [0, 0.1) is 13.8 Å². The van der Waals surface area contributed by atoms with Crippen molar-refractivity contribution in [1.29, 1.82) is 0 Å². The highest BCUT2D eigenvalue weighted by molar-refractivity contribution is 7.98. The third-order valence-corrected chi connectivity index (χ3v) is 6.38. The van der Waals surface area contributed by atoms with Gasteiger partial charge in [-0.2, -0.15) is 4.98 Å². The average molecular weight is 426 g/mol. The Balaban J connectivity index is 1.54. The highest BCUT2D eigenvalue weighted by atomic mass is 32.2. The lowest BCUT2D eigenvalue weighted by Gasteiger charge is -2.25. The van der Waals surface area contributed by atoms with Crippen LogP contribution in [0.3, 0.4) is 0 Å². The predicted molar refractivity (Wildman–Crippen MR) is 117 cm³/mol. The van der Waals surface area contributed by atoms with Crippen LogP contribution < -0.4 is 4.74 Å². The van der Waals surface area contributed by atoms with Crippen molar-refractivity contribution in [1.82, 2.24) is 24.5 Å². The van der Waals surface area contributed by atoms with Gasteiger partial charge < -0.3 is 9.64 Å². The minimum Gasteiger partial charge on any atom is -0.497 e. The molecule has 158 valence electrons. The van der Waals surface area contributed by atoms with E-state index in [1.807, 2.05) is 37.1 Å². The van der Waals surface area contributed by atoms with Crippen LogP contribution in [0.4, 0.5) is 0 Å². The molecule has 0 saturated carbocycles. The van der Waals surface area contributed by atoms with Gasteiger partial charge in [0.2, 0.25) is 11.1 Å². The molecule has 1 unspecified atom stereocenters. The minimum atomic E-state index is 0.151. The fourth-order valence-electron chi connectivity index (χ4n) is 4.23. The Morgan fingerprint density at radius 2 is 2.13 bits per heavy atom. The van der Waals surface area contributed by atoms with E-state index >= 15 is 0 Å². The maximum Gasteiger partial charge on any atom is 0.253 e. The summed E-state index contributed by atoms with van der Waals surface area (Å²) in [6.45, 7) is 4.74. The number of hydrogen-bond acceptors (Lipinski definition) is 6. The van der Waals surface area contributed by atoms with Crippen LogP contribution >= 0.6 is 11.8 Å². The Kier molecular flexibility index (Phi) is 5.94. The second-order valence-corrected chi connectivity index (χ2v) is 8.46. The summed E-state index contributed by atoms with van der Waals surface area (Å²) in [5, 5.41) is 5.18. The quantitative estimate of drug-likeness (QED) is 0.565. The largest absolute Gasteiger partial charge is 0.497 e. The highest BCUT2D eigenvalue weighted by Crippen LogP contribution is 2.25. The van der Waals surface area contributed by atoms with Gasteiger partial charge in [-0.15, -0.1) is 5.10 Å². The van der Waals surface area contributed by atoms with E-state index in [1.165, 1.54) is 17.3 Å². The van der Waals surface area contributed by atoms with Crippen molar-refractivity contribution in [2.24, 2.45) is 0 Å². The standard InChI is InChI=1S/C22H27N5O2S/c1-14-19(15(2)27-21(23-14)24-22(25-27)30-4)13-20(28)26-10-6-8-17(26)11-16-7-5-9-18(12-16)29-3/h5,7,9,12,17H,6,8,10-11,13H2,1-4H3. The first-order chi connectivity index (χ1) is 14.5. The normalized spacial score (nSPS) is 16.4. The fourth-order valence-corrected chi connectivity index (χ4v) is 4.57. The van der Waals surface area contributed by atoms with Crippen molar-refractivity contribution >= 4 is 23.4 Å². The molecule has 0 bridgehead atoms. The molecule has 1 fully saturated rings. The number of hydrogen-bond donors (Lipinski definition) is 0. The summed E-state index contributed by atoms with van der Waals surface area (Å²) in [7, 11) is 1.68. The molecule has 7 nitrogen and oxygen atoms in total. The number of carbonyl (C=O) groups is 1. The summed E-state index contributed by atoms with van der Waals surface area (Å²) in [4.78, 5) is 24.3. The lowest BCUT2D eigenvalue weighted by atomic mass is 10.0. The Labute approximate surface area is 180 Å². The van der Waals surface area contributed by atoms with Gasteiger partial charge in [-0.3, -0.25) is 4.79 Å². The van der Waals surface area contributed by atoms with Crippen molar-refractivity contribution in [3.05, 3.63) is 46.8 Å². The summed E-state index contributed by atoms with van der Waals surface area (Å²) in [5.41, 5.74) is 3.91. The van der Waals surface area contributed by atoms with Crippen molar-refractivity contribution in [2.75, 3.05) is 19.9 Å². The molecule has 4 rings (SSSR count). The molecule has 1 aliphatic heterocycles. The Hall–Kier alpha value is -2.61. The van der Waals surface area contributed by atoms with Gasteiger partial charge in [-0.05, 0) is 57.1 Å². The molecule has 0 aliphatic carbocycles. The van der Waals surface area contributed by atoms with Crippen LogP contribution in [-0.4, -0.2) is 56.3 Å². The summed E-state index contributed by atoms with van der Waals surface area (Å²) < 4.78 is 7.09. The zero-order valence-electron chi connectivity index (χ0n) is 17.9. The third kappa shape index (κ3) is 4.01. The lowest BCUT2D eigenvalue weighted by Crippen LogP contribution is -2.38. The van der Waals surface area contributed by atoms with Crippen LogP contribution in [0.5, 0.6) is 5.75 Å². The van der Waals surface area contributed by atoms with Crippen molar-refractivity contribution in [3.63, 3.8) is 0 Å². The number of thioether (sulfide) groups is 1. The Morgan fingerprint density at radius 3 is 2.90 bits per heavy atom. The van der Waals surface area contributed by atoms with Crippen molar-refractivity contribution in [3.8, 4) is 5.75 Å². The molecule has 0 N–H and O–H groups in total. The number of aromatic nitrogens is 4. The number of aryl methyl sites for hydroxylation is 2. The summed E-state index contributed by atoms with van der Waals surface area (Å²) in [6, 6.07) is 8.33. The number of likely N-dealkylation sites (tertiary alicyclic amines) is 1. The maximum atomic E-state index is 13.3. The third-order valence-electron chi connectivity index (χ3n) is 5.84. The van der Waals surface area contributed by atoms with Gasteiger partial charge in [0.05, 0.1) is 13.5 Å². The van der Waals surface area contributed by atoms with E-state index in [4.69, 9.17) is 4.74 Å². The van der Waals surface area contributed by atoms with Gasteiger partial charge in [0.25, 0.3) is 5.78 Å². The van der Waals surface area contributed by atoms with E-state index in [2.05, 4.69) is 27.2 Å². The Bertz CT molecular complexity index is 1080. The van der Waals surface area contributed by atoms with Crippen molar-refractivity contribution < 1.29 is 9.53 Å². The van der Waals surface area contributed by atoms with Crippen molar-refractivity contribution in [2.45, 2.75) is 50.7 Å². The van der Waals surface area contributed by atoms with Crippen LogP contribution in [-0.2, 0) is 17.6 Å². The minimum absolute atomic E-state index is 0.151. The molecule has 1 aliphatic rings. The van der Waals surface area contributed by atoms with Crippen LogP contribution in [0.2, 0.25) is 0 Å². The first-order valence-corrected chi connectivity index (χ1v) is 11.4. The summed E-state index contributed by atoms with van der Waals surface area (Å²) in [5.74, 6) is 1.59. The molecule has 1 amide bonds. The first kappa shape index (κ1) is 20.7. The number of fused-ring (bicyclic) bond motifs is 1. The second kappa shape index (κ2) is 8.63. The molecule has 3 aromatic rings.